The average Bonchev–Trinajstić information content (AvgIpc) is 3.32. The van der Waals surface area contributed by atoms with Crippen molar-refractivity contribution in [3.8, 4) is 11.1 Å². The van der Waals surface area contributed by atoms with E-state index in [9.17, 15) is 13.6 Å². The molecular formula is C29H28ClF2N3O3. The Bertz CT molecular complexity index is 1420. The molecule has 0 radical (unpaired) electrons. The molecule has 0 atom stereocenters. The maximum absolute atomic E-state index is 14.0. The topological polar surface area (TPSA) is 83.7 Å². The predicted octanol–water partition coefficient (Wildman–Crippen LogP) is 7.00. The lowest BCUT2D eigenvalue weighted by molar-refractivity contribution is -0.134. The summed E-state index contributed by atoms with van der Waals surface area (Å²) in [7, 11) is 0. The summed E-state index contributed by atoms with van der Waals surface area (Å²) in [5, 5.41) is 9.90. The first-order valence-corrected chi connectivity index (χ1v) is 12.8. The van der Waals surface area contributed by atoms with Gasteiger partial charge in [0, 0.05) is 36.4 Å². The molecule has 1 fully saturated rings. The average molecular weight is 540 g/mol. The third kappa shape index (κ3) is 6.75. The number of nitrogens with one attached hydrogen (secondary N) is 1. The van der Waals surface area contributed by atoms with E-state index >= 15 is 0 Å². The van der Waals surface area contributed by atoms with Crippen LogP contribution in [0.3, 0.4) is 0 Å². The molecule has 9 heteroatoms. The van der Waals surface area contributed by atoms with Gasteiger partial charge in [-0.15, -0.1) is 0 Å². The first kappa shape index (κ1) is 27.3. The summed E-state index contributed by atoms with van der Waals surface area (Å²) in [5.41, 5.74) is 4.03. The van der Waals surface area contributed by atoms with Gasteiger partial charge in [-0.1, -0.05) is 55.1 Å². The van der Waals surface area contributed by atoms with Crippen molar-refractivity contribution in [2.24, 2.45) is 0 Å². The number of amides is 1. The molecule has 4 aromatic rings. The molecule has 5 rings (SSSR count). The second kappa shape index (κ2) is 12.2. The van der Waals surface area contributed by atoms with Gasteiger partial charge in [0.1, 0.15) is 23.0 Å². The number of aliphatic carboxylic acids is 1. The zero-order valence-electron chi connectivity index (χ0n) is 20.9. The van der Waals surface area contributed by atoms with Crippen LogP contribution in [0.2, 0.25) is 5.02 Å². The van der Waals surface area contributed by atoms with Crippen LogP contribution >= 0.6 is 11.6 Å². The van der Waals surface area contributed by atoms with E-state index in [1.807, 2.05) is 18.3 Å². The summed E-state index contributed by atoms with van der Waals surface area (Å²) in [6.45, 7) is 0.778. The fourth-order valence-electron chi connectivity index (χ4n) is 4.66. The van der Waals surface area contributed by atoms with E-state index in [4.69, 9.17) is 21.5 Å². The van der Waals surface area contributed by atoms with Crippen LogP contribution in [0.4, 0.5) is 8.78 Å². The number of hydrogen-bond acceptors (Lipinski definition) is 3. The van der Waals surface area contributed by atoms with Gasteiger partial charge in [-0.05, 0) is 59.7 Å². The number of rotatable bonds is 5. The van der Waals surface area contributed by atoms with Crippen LogP contribution in [0.5, 0.6) is 0 Å². The fourth-order valence-corrected chi connectivity index (χ4v) is 4.85. The number of benzene rings is 2. The van der Waals surface area contributed by atoms with Crippen LogP contribution in [-0.4, -0.2) is 26.4 Å². The van der Waals surface area contributed by atoms with Crippen molar-refractivity contribution < 1.29 is 23.5 Å². The Kier molecular flexibility index (Phi) is 8.73. The van der Waals surface area contributed by atoms with Crippen LogP contribution < -0.4 is 5.32 Å². The zero-order chi connectivity index (χ0) is 27.2. The number of carboxylic acids is 1. The molecule has 1 saturated carbocycles. The van der Waals surface area contributed by atoms with Crippen LogP contribution in [0, 0.1) is 11.6 Å². The number of hydrogen-bond donors (Lipinski definition) is 2. The van der Waals surface area contributed by atoms with Gasteiger partial charge in [0.05, 0.1) is 0 Å². The Hall–Kier alpha value is -3.78. The van der Waals surface area contributed by atoms with E-state index < -0.39 is 23.5 Å². The Morgan fingerprint density at radius 1 is 1.00 bits per heavy atom. The molecule has 0 saturated heterocycles. The minimum atomic E-state index is -0.833. The molecule has 2 N–H and O–H groups in total. The van der Waals surface area contributed by atoms with Gasteiger partial charge in [-0.2, -0.15) is 0 Å². The number of nitrogens with zero attached hydrogens (tertiary/aromatic N) is 2. The maximum Gasteiger partial charge on any atom is 0.300 e. The highest BCUT2D eigenvalue weighted by Gasteiger charge is 2.17. The van der Waals surface area contributed by atoms with Crippen molar-refractivity contribution in [3.63, 3.8) is 0 Å². The highest BCUT2D eigenvalue weighted by Crippen LogP contribution is 2.33. The SMILES string of the molecule is CC(=O)O.O=C(NCc1c(F)cc(Cl)cc1F)c1cn2cc(-c3ccc(C4CCCCC4)cc3)ccc2n1. The Morgan fingerprint density at radius 3 is 2.24 bits per heavy atom. The van der Waals surface area contributed by atoms with Gasteiger partial charge in [-0.25, -0.2) is 13.8 Å². The third-order valence-corrected chi connectivity index (χ3v) is 6.75. The molecule has 2 aromatic carbocycles. The van der Waals surface area contributed by atoms with E-state index in [1.165, 1.54) is 37.7 Å². The molecule has 0 spiro atoms. The Labute approximate surface area is 224 Å². The monoisotopic (exact) mass is 539 g/mol. The minimum Gasteiger partial charge on any atom is -0.481 e. The summed E-state index contributed by atoms with van der Waals surface area (Å²) < 4.78 is 29.7. The summed E-state index contributed by atoms with van der Waals surface area (Å²) >= 11 is 5.65. The first-order chi connectivity index (χ1) is 18.2. The van der Waals surface area contributed by atoms with Crippen LogP contribution in [0.25, 0.3) is 16.8 Å². The smallest absolute Gasteiger partial charge is 0.300 e. The van der Waals surface area contributed by atoms with Crippen LogP contribution in [-0.2, 0) is 11.3 Å². The zero-order valence-corrected chi connectivity index (χ0v) is 21.6. The summed E-state index contributed by atoms with van der Waals surface area (Å²) in [5.74, 6) is -2.30. The number of aromatic nitrogens is 2. The minimum absolute atomic E-state index is 0.0372. The predicted molar refractivity (Wildman–Crippen MR) is 142 cm³/mol. The van der Waals surface area contributed by atoms with Crippen molar-refractivity contribution in [2.75, 3.05) is 0 Å². The van der Waals surface area contributed by atoms with Crippen LogP contribution in [0.1, 0.15) is 66.6 Å². The second-order valence-corrected chi connectivity index (χ2v) is 9.75. The lowest BCUT2D eigenvalue weighted by atomic mass is 9.84. The molecule has 6 nitrogen and oxygen atoms in total. The molecule has 0 aliphatic heterocycles. The number of halogens is 3. The number of fused-ring (bicyclic) bond motifs is 1. The molecule has 2 heterocycles. The third-order valence-electron chi connectivity index (χ3n) is 6.54. The highest BCUT2D eigenvalue weighted by atomic mass is 35.5. The summed E-state index contributed by atoms with van der Waals surface area (Å²) in [6, 6.07) is 14.6. The van der Waals surface area contributed by atoms with Crippen molar-refractivity contribution in [1.29, 1.82) is 0 Å². The van der Waals surface area contributed by atoms with Gasteiger partial charge in [0.25, 0.3) is 11.9 Å². The Morgan fingerprint density at radius 2 is 1.61 bits per heavy atom. The second-order valence-electron chi connectivity index (χ2n) is 9.32. The molecule has 1 aliphatic carbocycles. The molecule has 0 unspecified atom stereocenters. The van der Waals surface area contributed by atoms with E-state index in [0.717, 1.165) is 30.2 Å². The van der Waals surface area contributed by atoms with Gasteiger partial charge in [-0.3, -0.25) is 9.59 Å². The quantitative estimate of drug-likeness (QED) is 0.286. The van der Waals surface area contributed by atoms with Gasteiger partial charge >= 0.3 is 0 Å². The number of pyridine rings is 1. The number of carboxylic acid groups (broad SMARTS) is 1. The molecule has 0 bridgehead atoms. The van der Waals surface area contributed by atoms with E-state index in [1.54, 1.807) is 10.6 Å². The molecule has 1 amide bonds. The summed E-state index contributed by atoms with van der Waals surface area (Å²) in [6.07, 6.45) is 10.0. The van der Waals surface area contributed by atoms with Crippen LogP contribution in [0.15, 0.2) is 60.9 Å². The lowest BCUT2D eigenvalue weighted by Crippen LogP contribution is -2.24. The fraction of sp³-hybridized carbons (Fsp3) is 0.276. The summed E-state index contributed by atoms with van der Waals surface area (Å²) in [4.78, 5) is 25.9. The van der Waals surface area contributed by atoms with E-state index in [2.05, 4.69) is 34.6 Å². The standard InChI is InChI=1S/C27H24ClF2N3O.C2H4O2/c28-21-12-23(29)22(24(30)13-21)14-31-27(34)25-16-33-15-20(10-11-26(33)32-25)19-8-6-18(7-9-19)17-4-2-1-3-5-17;1-2(3)4/h6-13,15-17H,1-5,14H2,(H,31,34);1H3,(H,3,4). The highest BCUT2D eigenvalue weighted by molar-refractivity contribution is 6.30. The first-order valence-electron chi connectivity index (χ1n) is 12.4. The molecule has 2 aromatic heterocycles. The molecule has 1 aliphatic rings. The van der Waals surface area contributed by atoms with Gasteiger partial charge in [0.2, 0.25) is 0 Å². The number of carbonyl (C=O) groups excluding carboxylic acids is 1. The van der Waals surface area contributed by atoms with Gasteiger partial charge < -0.3 is 14.8 Å². The number of imidazole rings is 1. The van der Waals surface area contributed by atoms with Gasteiger partial charge in [0.15, 0.2) is 0 Å². The van der Waals surface area contributed by atoms with Crippen molar-refractivity contribution in [1.82, 2.24) is 14.7 Å². The van der Waals surface area contributed by atoms with E-state index in [0.29, 0.717) is 11.6 Å². The molecular weight excluding hydrogens is 512 g/mol. The Balaban J connectivity index is 0.000000786. The van der Waals surface area contributed by atoms with Crippen molar-refractivity contribution >= 4 is 29.1 Å². The van der Waals surface area contributed by atoms with Crippen molar-refractivity contribution in [3.05, 3.63) is 94.4 Å². The normalized spacial score (nSPS) is 13.6. The molecule has 198 valence electrons. The van der Waals surface area contributed by atoms with Crippen molar-refractivity contribution in [2.45, 2.75) is 51.5 Å². The molecule has 38 heavy (non-hydrogen) atoms. The largest absolute Gasteiger partial charge is 0.481 e. The number of carbonyl (C=O) groups is 2. The lowest BCUT2D eigenvalue weighted by Gasteiger charge is -2.22. The van der Waals surface area contributed by atoms with E-state index in [-0.39, 0.29) is 22.8 Å². The maximum atomic E-state index is 14.0.